The van der Waals surface area contributed by atoms with E-state index in [0.29, 0.717) is 10.7 Å². The van der Waals surface area contributed by atoms with Gasteiger partial charge in [-0.1, -0.05) is 48.9 Å². The smallest absolute Gasteiger partial charge is 0.414 e. The van der Waals surface area contributed by atoms with Gasteiger partial charge in [-0.05, 0) is 55.5 Å². The van der Waals surface area contributed by atoms with Gasteiger partial charge >= 0.3 is 6.09 Å². The zero-order chi connectivity index (χ0) is 27.9. The van der Waals surface area contributed by atoms with Gasteiger partial charge in [0.2, 0.25) is 11.8 Å². The van der Waals surface area contributed by atoms with Crippen LogP contribution < -0.4 is 10.6 Å². The maximum absolute atomic E-state index is 13.4. The minimum absolute atomic E-state index is 0.163. The zero-order valence-electron chi connectivity index (χ0n) is 21.9. The second-order valence-corrected chi connectivity index (χ2v) is 10.5. The van der Waals surface area contributed by atoms with Crippen LogP contribution in [-0.4, -0.2) is 65.9 Å². The van der Waals surface area contributed by atoms with Gasteiger partial charge in [0, 0.05) is 23.8 Å². The molecule has 1 aliphatic heterocycles. The van der Waals surface area contributed by atoms with Crippen molar-refractivity contribution in [1.82, 2.24) is 4.90 Å². The number of ether oxygens (including phenoxy) is 1. The molecular formula is C28H36ClN3O6. The van der Waals surface area contributed by atoms with E-state index in [0.717, 1.165) is 17.5 Å². The molecule has 0 bridgehead atoms. The Morgan fingerprint density at radius 3 is 2.21 bits per heavy atom. The van der Waals surface area contributed by atoms with Gasteiger partial charge in [0.05, 0.1) is 30.6 Å². The number of rotatable bonds is 10. The van der Waals surface area contributed by atoms with Crippen molar-refractivity contribution in [2.45, 2.75) is 39.7 Å². The summed E-state index contributed by atoms with van der Waals surface area (Å²) in [6.07, 6.45) is 0.570. The van der Waals surface area contributed by atoms with Gasteiger partial charge in [-0.25, -0.2) is 4.79 Å². The molecule has 1 heterocycles. The van der Waals surface area contributed by atoms with Gasteiger partial charge in [-0.15, -0.1) is 0 Å². The van der Waals surface area contributed by atoms with Crippen LogP contribution in [0.4, 0.5) is 10.5 Å². The number of aryl methyl sites for hydroxylation is 1. The number of amides is 3. The number of carbonyl (C=O) groups is 3. The lowest BCUT2D eigenvalue weighted by Gasteiger charge is -2.41. The molecule has 2 aromatic carbocycles. The lowest BCUT2D eigenvalue weighted by Crippen LogP contribution is -2.55. The molecule has 0 aromatic heterocycles. The first kappa shape index (κ1) is 29.4. The van der Waals surface area contributed by atoms with Crippen molar-refractivity contribution < 1.29 is 29.3 Å². The van der Waals surface area contributed by atoms with Gasteiger partial charge in [0.15, 0.2) is 0 Å². The van der Waals surface area contributed by atoms with Gasteiger partial charge in [0.25, 0.3) is 0 Å². The standard InChI is InChI=1S/C28H36ClN3O6/c1-3-20-8-10-22(11-9-20)32(16-21-6-4-5-7-23(21)29)26(37)38-19-28(24(30)35)12-14-31(15-13-28)25(36)27(2,17-33)18-34/h4-11,33-34H,3,12-19H2,1-2H3,(H2,30,35). The Morgan fingerprint density at radius 1 is 1.08 bits per heavy atom. The maximum Gasteiger partial charge on any atom is 0.414 e. The molecule has 1 saturated heterocycles. The van der Waals surface area contributed by atoms with Crippen LogP contribution in [0, 0.1) is 10.8 Å². The number of carbonyl (C=O) groups excluding carboxylic acids is 3. The second-order valence-electron chi connectivity index (χ2n) is 10.1. The van der Waals surface area contributed by atoms with Crippen LogP contribution in [-0.2, 0) is 27.3 Å². The largest absolute Gasteiger partial charge is 0.448 e. The van der Waals surface area contributed by atoms with E-state index in [4.69, 9.17) is 22.1 Å². The summed E-state index contributed by atoms with van der Waals surface area (Å²) in [4.78, 5) is 41.7. The summed E-state index contributed by atoms with van der Waals surface area (Å²) in [5.41, 5.74) is 5.77. The number of aliphatic hydroxyl groups excluding tert-OH is 2. The first-order valence-electron chi connectivity index (χ1n) is 12.7. The number of nitrogens with zero attached hydrogens (tertiary/aromatic N) is 2. The highest BCUT2D eigenvalue weighted by Crippen LogP contribution is 2.34. The van der Waals surface area contributed by atoms with Crippen LogP contribution >= 0.6 is 11.6 Å². The van der Waals surface area contributed by atoms with Crippen molar-refractivity contribution in [2.24, 2.45) is 16.6 Å². The van der Waals surface area contributed by atoms with Gasteiger partial charge in [-0.2, -0.15) is 0 Å². The van der Waals surface area contributed by atoms with Crippen LogP contribution in [0.15, 0.2) is 48.5 Å². The predicted molar refractivity (Wildman–Crippen MR) is 145 cm³/mol. The highest BCUT2D eigenvalue weighted by atomic mass is 35.5. The third kappa shape index (κ3) is 6.46. The second kappa shape index (κ2) is 12.6. The predicted octanol–water partition coefficient (Wildman–Crippen LogP) is 3.13. The number of benzene rings is 2. The average molecular weight is 546 g/mol. The lowest BCUT2D eigenvalue weighted by atomic mass is 9.77. The molecule has 10 heteroatoms. The molecule has 4 N–H and O–H groups in total. The third-order valence-electron chi connectivity index (χ3n) is 7.38. The van der Waals surface area contributed by atoms with Gasteiger partial charge in [-0.3, -0.25) is 14.5 Å². The maximum atomic E-state index is 13.4. The monoisotopic (exact) mass is 545 g/mol. The minimum Gasteiger partial charge on any atom is -0.448 e. The molecule has 206 valence electrons. The minimum atomic E-state index is -1.31. The number of anilines is 1. The lowest BCUT2D eigenvalue weighted by molar-refractivity contribution is -0.151. The molecule has 0 saturated carbocycles. The summed E-state index contributed by atoms with van der Waals surface area (Å²) in [5.74, 6) is -1.02. The highest BCUT2D eigenvalue weighted by molar-refractivity contribution is 6.31. The fourth-order valence-corrected chi connectivity index (χ4v) is 4.61. The van der Waals surface area contributed by atoms with Crippen molar-refractivity contribution in [2.75, 3.05) is 37.8 Å². The number of likely N-dealkylation sites (tertiary alicyclic amines) is 1. The zero-order valence-corrected chi connectivity index (χ0v) is 22.6. The number of aliphatic hydroxyl groups is 2. The molecule has 0 atom stereocenters. The number of primary amides is 1. The molecule has 0 radical (unpaired) electrons. The topological polar surface area (TPSA) is 133 Å². The number of halogens is 1. The molecule has 2 aromatic rings. The van der Waals surface area contributed by atoms with E-state index in [1.807, 2.05) is 49.4 Å². The number of nitrogens with two attached hydrogens (primary N) is 1. The van der Waals surface area contributed by atoms with E-state index in [-0.39, 0.29) is 39.1 Å². The molecule has 0 spiro atoms. The molecule has 3 amide bonds. The first-order chi connectivity index (χ1) is 18.1. The van der Waals surface area contributed by atoms with Gasteiger partial charge < -0.3 is 25.6 Å². The van der Waals surface area contributed by atoms with Crippen molar-refractivity contribution >= 4 is 35.2 Å². The number of hydrogen-bond acceptors (Lipinski definition) is 6. The Morgan fingerprint density at radius 2 is 1.68 bits per heavy atom. The van der Waals surface area contributed by atoms with Crippen LogP contribution in [0.1, 0.15) is 37.8 Å². The molecule has 1 fully saturated rings. The number of hydrogen-bond donors (Lipinski definition) is 3. The van der Waals surface area contributed by atoms with Crippen LogP contribution in [0.5, 0.6) is 0 Å². The van der Waals surface area contributed by atoms with E-state index in [2.05, 4.69) is 0 Å². The SMILES string of the molecule is CCc1ccc(N(Cc2ccccc2Cl)C(=O)OCC2(C(N)=O)CCN(C(=O)C(C)(CO)CO)CC2)cc1. The normalized spacial score (nSPS) is 15.1. The Labute approximate surface area is 228 Å². The van der Waals surface area contributed by atoms with E-state index in [1.54, 1.807) is 6.07 Å². The first-order valence-corrected chi connectivity index (χ1v) is 13.0. The Balaban J connectivity index is 1.76. The van der Waals surface area contributed by atoms with E-state index in [1.165, 1.54) is 16.7 Å². The summed E-state index contributed by atoms with van der Waals surface area (Å²) in [6, 6.07) is 14.8. The third-order valence-corrected chi connectivity index (χ3v) is 7.75. The molecule has 38 heavy (non-hydrogen) atoms. The molecular weight excluding hydrogens is 510 g/mol. The van der Waals surface area contributed by atoms with E-state index in [9.17, 15) is 24.6 Å². The molecule has 1 aliphatic rings. The van der Waals surface area contributed by atoms with E-state index < -0.39 is 42.0 Å². The van der Waals surface area contributed by atoms with Crippen LogP contribution in [0.3, 0.4) is 0 Å². The number of piperidine rings is 1. The highest BCUT2D eigenvalue weighted by Gasteiger charge is 2.45. The van der Waals surface area contributed by atoms with Crippen molar-refractivity contribution in [3.05, 3.63) is 64.7 Å². The fourth-order valence-electron chi connectivity index (χ4n) is 4.41. The Hall–Kier alpha value is -3.14. The van der Waals surface area contributed by atoms with Crippen LogP contribution in [0.2, 0.25) is 5.02 Å². The van der Waals surface area contributed by atoms with Crippen molar-refractivity contribution in [3.63, 3.8) is 0 Å². The van der Waals surface area contributed by atoms with E-state index >= 15 is 0 Å². The quantitative estimate of drug-likeness (QED) is 0.420. The molecule has 3 rings (SSSR count). The van der Waals surface area contributed by atoms with Gasteiger partial charge in [0.1, 0.15) is 6.61 Å². The fraction of sp³-hybridized carbons (Fsp3) is 0.464. The summed E-state index contributed by atoms with van der Waals surface area (Å²) in [5, 5.41) is 19.6. The summed E-state index contributed by atoms with van der Waals surface area (Å²) in [6.45, 7) is 2.79. The Bertz CT molecular complexity index is 1130. The molecule has 9 nitrogen and oxygen atoms in total. The van der Waals surface area contributed by atoms with Crippen molar-refractivity contribution in [1.29, 1.82) is 0 Å². The van der Waals surface area contributed by atoms with Crippen LogP contribution in [0.25, 0.3) is 0 Å². The summed E-state index contributed by atoms with van der Waals surface area (Å²) < 4.78 is 5.70. The summed E-state index contributed by atoms with van der Waals surface area (Å²) in [7, 11) is 0. The molecule has 0 unspecified atom stereocenters. The average Bonchev–Trinajstić information content (AvgIpc) is 2.95. The summed E-state index contributed by atoms with van der Waals surface area (Å²) >= 11 is 6.36. The Kier molecular flexibility index (Phi) is 9.76. The van der Waals surface area contributed by atoms with Crippen molar-refractivity contribution in [3.8, 4) is 0 Å². The molecule has 0 aliphatic carbocycles.